The summed E-state index contributed by atoms with van der Waals surface area (Å²) in [5.74, 6) is -0.253. The number of hydrogen-bond acceptors (Lipinski definition) is 4. The third-order valence-corrected chi connectivity index (χ3v) is 2.66. The number of phenols is 1. The van der Waals surface area contributed by atoms with Crippen LogP contribution in [-0.2, 0) is 16.0 Å². The van der Waals surface area contributed by atoms with E-state index in [1.165, 1.54) is 0 Å². The Kier molecular flexibility index (Phi) is 5.81. The number of carbonyl (C=O) groups excluding carboxylic acids is 2. The van der Waals surface area contributed by atoms with E-state index in [0.717, 1.165) is 5.56 Å². The van der Waals surface area contributed by atoms with Crippen LogP contribution < -0.4 is 16.4 Å². The van der Waals surface area contributed by atoms with Gasteiger partial charge in [-0.25, -0.2) is 0 Å². The number of hydrogen-bond donors (Lipinski definition) is 4. The maximum Gasteiger partial charge on any atom is 0.237 e. The largest absolute Gasteiger partial charge is 0.508 e. The van der Waals surface area contributed by atoms with E-state index in [1.54, 1.807) is 31.3 Å². The van der Waals surface area contributed by atoms with Crippen molar-refractivity contribution in [2.75, 3.05) is 13.6 Å². The van der Waals surface area contributed by atoms with E-state index >= 15 is 0 Å². The van der Waals surface area contributed by atoms with Crippen LogP contribution in [0.2, 0.25) is 0 Å². The standard InChI is InChI=1S/C13H19N3O3/c1-15-12(18)6-7-16-13(19)11(14)8-9-2-4-10(17)5-3-9/h2-5,11,17H,6-8,14H2,1H3,(H,15,18)(H,16,19)/t11-/m0/s1. The second kappa shape index (κ2) is 7.38. The molecule has 0 spiro atoms. The maximum absolute atomic E-state index is 11.7. The van der Waals surface area contributed by atoms with Crippen LogP contribution in [-0.4, -0.2) is 36.6 Å². The second-order valence-electron chi connectivity index (χ2n) is 4.19. The number of phenolic OH excluding ortho intramolecular Hbond substituents is 1. The van der Waals surface area contributed by atoms with Crippen LogP contribution in [0, 0.1) is 0 Å². The van der Waals surface area contributed by atoms with Crippen molar-refractivity contribution in [2.24, 2.45) is 5.73 Å². The van der Waals surface area contributed by atoms with Crippen molar-refractivity contribution in [3.63, 3.8) is 0 Å². The van der Waals surface area contributed by atoms with E-state index < -0.39 is 6.04 Å². The lowest BCUT2D eigenvalue weighted by atomic mass is 10.1. The molecule has 0 aromatic heterocycles. The van der Waals surface area contributed by atoms with Gasteiger partial charge in [0.1, 0.15) is 5.75 Å². The molecule has 6 heteroatoms. The number of amides is 2. The van der Waals surface area contributed by atoms with Gasteiger partial charge < -0.3 is 21.5 Å². The van der Waals surface area contributed by atoms with Crippen molar-refractivity contribution in [2.45, 2.75) is 18.9 Å². The molecule has 0 unspecified atom stereocenters. The van der Waals surface area contributed by atoms with Gasteiger partial charge in [0.05, 0.1) is 6.04 Å². The molecule has 6 nitrogen and oxygen atoms in total. The van der Waals surface area contributed by atoms with Crippen LogP contribution in [0.15, 0.2) is 24.3 Å². The van der Waals surface area contributed by atoms with Crippen molar-refractivity contribution in [3.8, 4) is 5.75 Å². The predicted octanol–water partition coefficient (Wildman–Crippen LogP) is -0.486. The molecule has 1 atom stereocenters. The van der Waals surface area contributed by atoms with Crippen LogP contribution in [0.4, 0.5) is 0 Å². The molecule has 0 heterocycles. The van der Waals surface area contributed by atoms with E-state index in [4.69, 9.17) is 10.8 Å². The van der Waals surface area contributed by atoms with E-state index in [1.807, 2.05) is 0 Å². The van der Waals surface area contributed by atoms with E-state index in [2.05, 4.69) is 10.6 Å². The zero-order valence-corrected chi connectivity index (χ0v) is 10.8. The lowest BCUT2D eigenvalue weighted by Gasteiger charge is -2.12. The van der Waals surface area contributed by atoms with Gasteiger partial charge >= 0.3 is 0 Å². The maximum atomic E-state index is 11.7. The van der Waals surface area contributed by atoms with Crippen LogP contribution in [0.5, 0.6) is 5.75 Å². The molecule has 0 aliphatic heterocycles. The minimum atomic E-state index is -0.672. The van der Waals surface area contributed by atoms with Gasteiger partial charge in [0.25, 0.3) is 0 Å². The monoisotopic (exact) mass is 265 g/mol. The zero-order valence-electron chi connectivity index (χ0n) is 10.8. The highest BCUT2D eigenvalue weighted by Crippen LogP contribution is 2.10. The molecule has 104 valence electrons. The van der Waals surface area contributed by atoms with Gasteiger partial charge in [0.2, 0.25) is 11.8 Å². The predicted molar refractivity (Wildman–Crippen MR) is 71.5 cm³/mol. The summed E-state index contributed by atoms with van der Waals surface area (Å²) in [5.41, 5.74) is 6.63. The first kappa shape index (κ1) is 15.0. The molecule has 0 radical (unpaired) electrons. The van der Waals surface area contributed by atoms with Crippen molar-refractivity contribution in [1.82, 2.24) is 10.6 Å². The Balaban J connectivity index is 2.36. The Hall–Kier alpha value is -2.08. The van der Waals surface area contributed by atoms with E-state index in [9.17, 15) is 9.59 Å². The Morgan fingerprint density at radius 2 is 1.95 bits per heavy atom. The lowest BCUT2D eigenvalue weighted by molar-refractivity contribution is -0.123. The Morgan fingerprint density at radius 1 is 1.32 bits per heavy atom. The summed E-state index contributed by atoms with van der Waals surface area (Å²) in [6.45, 7) is 0.266. The first-order chi connectivity index (χ1) is 9.02. The van der Waals surface area contributed by atoms with Crippen LogP contribution in [0.3, 0.4) is 0 Å². The summed E-state index contributed by atoms with van der Waals surface area (Å²) in [6.07, 6.45) is 0.611. The van der Waals surface area contributed by atoms with Gasteiger partial charge in [-0.05, 0) is 24.1 Å². The molecule has 0 saturated heterocycles. The molecule has 0 fully saturated rings. The summed E-state index contributed by atoms with van der Waals surface area (Å²) in [5, 5.41) is 14.2. The molecule has 1 aromatic carbocycles. The van der Waals surface area contributed by atoms with Crippen LogP contribution in [0.25, 0.3) is 0 Å². The fourth-order valence-electron chi connectivity index (χ4n) is 1.53. The van der Waals surface area contributed by atoms with Crippen LogP contribution >= 0.6 is 0 Å². The summed E-state index contributed by atoms with van der Waals surface area (Å²) in [6, 6.07) is 5.85. The molecule has 1 aromatic rings. The van der Waals surface area contributed by atoms with Gasteiger partial charge in [-0.1, -0.05) is 12.1 Å². The number of nitrogens with one attached hydrogen (secondary N) is 2. The molecule has 5 N–H and O–H groups in total. The molecular weight excluding hydrogens is 246 g/mol. The minimum absolute atomic E-state index is 0.132. The number of nitrogens with two attached hydrogens (primary N) is 1. The summed E-state index contributed by atoms with van der Waals surface area (Å²) >= 11 is 0. The first-order valence-electron chi connectivity index (χ1n) is 6.04. The Labute approximate surface area is 112 Å². The molecule has 19 heavy (non-hydrogen) atoms. The van der Waals surface area contributed by atoms with E-state index in [0.29, 0.717) is 6.42 Å². The highest BCUT2D eigenvalue weighted by atomic mass is 16.3. The molecule has 0 saturated carbocycles. The smallest absolute Gasteiger partial charge is 0.237 e. The molecule has 0 bridgehead atoms. The average molecular weight is 265 g/mol. The number of benzene rings is 1. The highest BCUT2D eigenvalue weighted by Gasteiger charge is 2.13. The number of aromatic hydroxyl groups is 1. The van der Waals surface area contributed by atoms with E-state index in [-0.39, 0.29) is 30.5 Å². The fourth-order valence-corrected chi connectivity index (χ4v) is 1.53. The SMILES string of the molecule is CNC(=O)CCNC(=O)[C@@H](N)Cc1ccc(O)cc1. The van der Waals surface area contributed by atoms with Gasteiger partial charge in [-0.2, -0.15) is 0 Å². The van der Waals surface area contributed by atoms with Gasteiger partial charge in [-0.15, -0.1) is 0 Å². The minimum Gasteiger partial charge on any atom is -0.508 e. The molecule has 2 amide bonds. The molecular formula is C13H19N3O3. The van der Waals surface area contributed by atoms with Crippen LogP contribution in [0.1, 0.15) is 12.0 Å². The van der Waals surface area contributed by atoms with Crippen molar-refractivity contribution in [3.05, 3.63) is 29.8 Å². The zero-order chi connectivity index (χ0) is 14.3. The quantitative estimate of drug-likeness (QED) is 0.557. The normalized spacial score (nSPS) is 11.7. The topological polar surface area (TPSA) is 104 Å². The first-order valence-corrected chi connectivity index (χ1v) is 6.04. The Morgan fingerprint density at radius 3 is 2.53 bits per heavy atom. The fraction of sp³-hybridized carbons (Fsp3) is 0.385. The third-order valence-electron chi connectivity index (χ3n) is 2.66. The molecule has 0 aliphatic carbocycles. The second-order valence-corrected chi connectivity index (χ2v) is 4.19. The summed E-state index contributed by atoms with van der Waals surface area (Å²) in [4.78, 5) is 22.6. The van der Waals surface area contributed by atoms with Crippen molar-refractivity contribution >= 4 is 11.8 Å². The van der Waals surface area contributed by atoms with Gasteiger partial charge in [0, 0.05) is 20.0 Å². The average Bonchev–Trinajstić information content (AvgIpc) is 2.40. The highest BCUT2D eigenvalue weighted by molar-refractivity contribution is 5.82. The van der Waals surface area contributed by atoms with Crippen molar-refractivity contribution < 1.29 is 14.7 Å². The number of carbonyl (C=O) groups is 2. The molecule has 0 aliphatic rings. The van der Waals surface area contributed by atoms with Gasteiger partial charge in [-0.3, -0.25) is 9.59 Å². The number of rotatable bonds is 6. The lowest BCUT2D eigenvalue weighted by Crippen LogP contribution is -2.43. The third kappa shape index (κ3) is 5.39. The molecule has 1 rings (SSSR count). The Bertz CT molecular complexity index is 431. The van der Waals surface area contributed by atoms with Gasteiger partial charge in [0.15, 0.2) is 0 Å². The summed E-state index contributed by atoms with van der Waals surface area (Å²) in [7, 11) is 1.54. The van der Waals surface area contributed by atoms with Crippen molar-refractivity contribution in [1.29, 1.82) is 0 Å². The summed E-state index contributed by atoms with van der Waals surface area (Å²) < 4.78 is 0.